The molecule has 0 saturated heterocycles. The monoisotopic (exact) mass is 258 g/mol. The predicted octanol–water partition coefficient (Wildman–Crippen LogP) is 2.22. The van der Waals surface area contributed by atoms with Crippen LogP contribution in [0.5, 0.6) is 0 Å². The van der Waals surface area contributed by atoms with Crippen LogP contribution in [0.25, 0.3) is 0 Å². The highest BCUT2D eigenvalue weighted by molar-refractivity contribution is 7.93. The quantitative estimate of drug-likeness (QED) is 0.781. The fraction of sp³-hybridized carbons (Fsp3) is 0.417. The standard InChI is InChI=1S/C12H15FO3S/c1-12(2,3)17(15,16)8-11(14)9-6-4-5-7-10(9)13/h4-7H,8H2,1-3H3. The van der Waals surface area contributed by atoms with Gasteiger partial charge in [-0.1, -0.05) is 12.1 Å². The lowest BCUT2D eigenvalue weighted by Crippen LogP contribution is -2.33. The van der Waals surface area contributed by atoms with Gasteiger partial charge in [0.05, 0.1) is 10.3 Å². The lowest BCUT2D eigenvalue weighted by atomic mass is 10.1. The van der Waals surface area contributed by atoms with Crippen molar-refractivity contribution >= 4 is 15.6 Å². The van der Waals surface area contributed by atoms with Crippen molar-refractivity contribution in [2.75, 3.05) is 5.75 Å². The fourth-order valence-electron chi connectivity index (χ4n) is 1.15. The molecular formula is C12H15FO3S. The molecule has 0 aromatic heterocycles. The van der Waals surface area contributed by atoms with Crippen LogP contribution in [0.2, 0.25) is 0 Å². The second kappa shape index (κ2) is 4.56. The first-order valence-corrected chi connectivity index (χ1v) is 6.80. The van der Waals surface area contributed by atoms with Crippen molar-refractivity contribution in [1.29, 1.82) is 0 Å². The Morgan fingerprint density at radius 2 is 1.76 bits per heavy atom. The summed E-state index contributed by atoms with van der Waals surface area (Å²) in [7, 11) is -3.58. The van der Waals surface area contributed by atoms with Crippen molar-refractivity contribution in [3.05, 3.63) is 35.6 Å². The first kappa shape index (κ1) is 13.8. The summed E-state index contributed by atoms with van der Waals surface area (Å²) in [6.45, 7) is 4.53. The molecule has 0 bridgehead atoms. The van der Waals surface area contributed by atoms with Crippen LogP contribution >= 0.6 is 0 Å². The number of sulfone groups is 1. The molecule has 0 spiro atoms. The van der Waals surface area contributed by atoms with Crippen molar-refractivity contribution in [3.8, 4) is 0 Å². The molecular weight excluding hydrogens is 243 g/mol. The maximum Gasteiger partial charge on any atom is 0.180 e. The Morgan fingerprint density at radius 3 is 2.24 bits per heavy atom. The molecule has 1 rings (SSSR count). The molecule has 1 aromatic carbocycles. The SMILES string of the molecule is CC(C)(C)S(=O)(=O)CC(=O)c1ccccc1F. The van der Waals surface area contributed by atoms with Crippen molar-refractivity contribution in [2.24, 2.45) is 0 Å². The second-order valence-electron chi connectivity index (χ2n) is 4.77. The lowest BCUT2D eigenvalue weighted by Gasteiger charge is -2.18. The summed E-state index contributed by atoms with van der Waals surface area (Å²) in [5.41, 5.74) is -0.180. The minimum absolute atomic E-state index is 0.180. The minimum atomic E-state index is -3.58. The molecule has 94 valence electrons. The molecule has 1 aromatic rings. The van der Waals surface area contributed by atoms with E-state index in [1.165, 1.54) is 39.0 Å². The van der Waals surface area contributed by atoms with Crippen molar-refractivity contribution in [3.63, 3.8) is 0 Å². The zero-order valence-electron chi connectivity index (χ0n) is 10.0. The van der Waals surface area contributed by atoms with Gasteiger partial charge in [-0.25, -0.2) is 12.8 Å². The Bertz CT molecular complexity index is 527. The molecule has 17 heavy (non-hydrogen) atoms. The summed E-state index contributed by atoms with van der Waals surface area (Å²) in [6.07, 6.45) is 0. The van der Waals surface area contributed by atoms with Crippen LogP contribution in [0.4, 0.5) is 4.39 Å². The summed E-state index contributed by atoms with van der Waals surface area (Å²) in [5, 5.41) is 0. The average Bonchev–Trinajstić information content (AvgIpc) is 2.15. The molecule has 0 saturated carbocycles. The largest absolute Gasteiger partial charge is 0.293 e. The average molecular weight is 258 g/mol. The van der Waals surface area contributed by atoms with E-state index in [2.05, 4.69) is 0 Å². The van der Waals surface area contributed by atoms with Gasteiger partial charge in [-0.3, -0.25) is 4.79 Å². The van der Waals surface area contributed by atoms with Crippen molar-refractivity contribution in [2.45, 2.75) is 25.5 Å². The number of ketones is 1. The van der Waals surface area contributed by atoms with Gasteiger partial charge in [-0.05, 0) is 32.9 Å². The van der Waals surface area contributed by atoms with E-state index in [0.717, 1.165) is 6.07 Å². The number of benzene rings is 1. The van der Waals surface area contributed by atoms with E-state index in [0.29, 0.717) is 0 Å². The Balaban J connectivity index is 3.00. The van der Waals surface area contributed by atoms with Gasteiger partial charge in [-0.2, -0.15) is 0 Å². The third-order valence-corrected chi connectivity index (χ3v) is 4.94. The van der Waals surface area contributed by atoms with Crippen LogP contribution in [0.3, 0.4) is 0 Å². The molecule has 0 amide bonds. The Morgan fingerprint density at radius 1 is 1.24 bits per heavy atom. The van der Waals surface area contributed by atoms with E-state index >= 15 is 0 Å². The molecule has 0 N–H and O–H groups in total. The van der Waals surface area contributed by atoms with E-state index in [1.54, 1.807) is 0 Å². The summed E-state index contributed by atoms with van der Waals surface area (Å²) >= 11 is 0. The number of hydrogen-bond acceptors (Lipinski definition) is 3. The number of carbonyl (C=O) groups excluding carboxylic acids is 1. The molecule has 0 fully saturated rings. The normalized spacial score (nSPS) is 12.5. The van der Waals surface area contributed by atoms with Crippen molar-refractivity contribution in [1.82, 2.24) is 0 Å². The van der Waals surface area contributed by atoms with E-state index in [1.807, 2.05) is 0 Å². The van der Waals surface area contributed by atoms with E-state index in [4.69, 9.17) is 0 Å². The molecule has 0 atom stereocenters. The Labute approximate surface area is 101 Å². The van der Waals surface area contributed by atoms with Gasteiger partial charge in [0.2, 0.25) is 0 Å². The molecule has 3 nitrogen and oxygen atoms in total. The Hall–Kier alpha value is -1.23. The minimum Gasteiger partial charge on any atom is -0.293 e. The Kier molecular flexibility index (Phi) is 3.71. The van der Waals surface area contributed by atoms with Gasteiger partial charge in [0.15, 0.2) is 15.6 Å². The van der Waals surface area contributed by atoms with E-state index in [-0.39, 0.29) is 5.56 Å². The smallest absolute Gasteiger partial charge is 0.180 e. The zero-order valence-corrected chi connectivity index (χ0v) is 10.8. The first-order chi connectivity index (χ1) is 7.65. The van der Waals surface area contributed by atoms with Crippen LogP contribution in [0.1, 0.15) is 31.1 Å². The predicted molar refractivity (Wildman–Crippen MR) is 64.3 cm³/mol. The number of Topliss-reactive ketones (excluding diaryl/α,β-unsaturated/α-hetero) is 1. The van der Waals surface area contributed by atoms with Crippen LogP contribution in [0.15, 0.2) is 24.3 Å². The van der Waals surface area contributed by atoms with Crippen LogP contribution in [-0.2, 0) is 9.84 Å². The molecule has 0 aliphatic rings. The maximum absolute atomic E-state index is 13.3. The highest BCUT2D eigenvalue weighted by Crippen LogP contribution is 2.18. The zero-order chi connectivity index (χ0) is 13.3. The molecule has 0 unspecified atom stereocenters. The van der Waals surface area contributed by atoms with E-state index < -0.39 is 31.9 Å². The topological polar surface area (TPSA) is 51.2 Å². The summed E-state index contributed by atoms with van der Waals surface area (Å²) in [4.78, 5) is 11.7. The van der Waals surface area contributed by atoms with Gasteiger partial charge >= 0.3 is 0 Å². The summed E-state index contributed by atoms with van der Waals surface area (Å²) < 4.78 is 35.9. The highest BCUT2D eigenvalue weighted by Gasteiger charge is 2.32. The van der Waals surface area contributed by atoms with Gasteiger partial charge < -0.3 is 0 Å². The molecule has 0 heterocycles. The molecule has 0 aliphatic carbocycles. The van der Waals surface area contributed by atoms with Crippen molar-refractivity contribution < 1.29 is 17.6 Å². The third-order valence-electron chi connectivity index (χ3n) is 2.43. The van der Waals surface area contributed by atoms with Gasteiger partial charge in [0.1, 0.15) is 11.6 Å². The van der Waals surface area contributed by atoms with Gasteiger partial charge in [-0.15, -0.1) is 0 Å². The number of halogens is 1. The third kappa shape index (κ3) is 3.12. The summed E-state index contributed by atoms with van der Waals surface area (Å²) in [6, 6.07) is 5.37. The number of rotatable bonds is 3. The fourth-order valence-corrected chi connectivity index (χ4v) is 2.09. The van der Waals surface area contributed by atoms with Gasteiger partial charge in [0.25, 0.3) is 0 Å². The molecule has 0 aliphatic heterocycles. The van der Waals surface area contributed by atoms with Crippen LogP contribution in [-0.4, -0.2) is 24.7 Å². The highest BCUT2D eigenvalue weighted by atomic mass is 32.2. The number of hydrogen-bond donors (Lipinski definition) is 0. The molecule has 5 heteroatoms. The van der Waals surface area contributed by atoms with E-state index in [9.17, 15) is 17.6 Å². The maximum atomic E-state index is 13.3. The lowest BCUT2D eigenvalue weighted by molar-refractivity contribution is 0.101. The molecule has 0 radical (unpaired) electrons. The summed E-state index contributed by atoms with van der Waals surface area (Å²) in [5.74, 6) is -2.07. The number of carbonyl (C=O) groups is 1. The van der Waals surface area contributed by atoms with Crippen LogP contribution < -0.4 is 0 Å². The second-order valence-corrected chi connectivity index (χ2v) is 7.52. The van der Waals surface area contributed by atoms with Crippen LogP contribution in [0, 0.1) is 5.82 Å². The van der Waals surface area contributed by atoms with Gasteiger partial charge in [0, 0.05) is 0 Å². The first-order valence-electron chi connectivity index (χ1n) is 5.15.